The second-order valence-electron chi connectivity index (χ2n) is 4.59. The van der Waals surface area contributed by atoms with Gasteiger partial charge in [-0.1, -0.05) is 35.3 Å². The second kappa shape index (κ2) is 7.79. The lowest BCUT2D eigenvalue weighted by Gasteiger charge is -2.09. The normalized spacial score (nSPS) is 11.2. The van der Waals surface area contributed by atoms with Crippen LogP contribution in [0.3, 0.4) is 0 Å². The van der Waals surface area contributed by atoms with Crippen molar-refractivity contribution in [3.8, 4) is 0 Å². The number of rotatable bonds is 6. The Kier molecular flexibility index (Phi) is 6.01. The Bertz CT molecular complexity index is 793. The fourth-order valence-electron chi connectivity index (χ4n) is 1.80. The minimum Gasteiger partial charge on any atom is -0.351 e. The van der Waals surface area contributed by atoms with Gasteiger partial charge in [0.25, 0.3) is 5.91 Å². The van der Waals surface area contributed by atoms with Gasteiger partial charge in [-0.15, -0.1) is 0 Å². The SMILES string of the molecule is O=C(NCCNS(=O)(=O)c1ccc(Cl)cc1)c1ccccc1Cl. The van der Waals surface area contributed by atoms with Gasteiger partial charge in [0, 0.05) is 18.1 Å². The van der Waals surface area contributed by atoms with Crippen LogP contribution >= 0.6 is 23.2 Å². The Hall–Kier alpha value is -1.60. The number of carbonyl (C=O) groups excluding carboxylic acids is 1. The standard InChI is InChI=1S/C15H14Cl2N2O3S/c16-11-5-7-12(8-6-11)23(21,22)19-10-9-18-15(20)13-3-1-2-4-14(13)17/h1-8,19H,9-10H2,(H,18,20). The Morgan fingerprint density at radius 3 is 2.26 bits per heavy atom. The lowest BCUT2D eigenvalue weighted by molar-refractivity contribution is 0.0954. The summed E-state index contributed by atoms with van der Waals surface area (Å²) in [6.07, 6.45) is 0. The molecule has 0 unspecified atom stereocenters. The lowest BCUT2D eigenvalue weighted by Crippen LogP contribution is -2.34. The maximum atomic E-state index is 12.0. The molecule has 8 heteroatoms. The third-order valence-electron chi connectivity index (χ3n) is 2.95. The molecule has 122 valence electrons. The van der Waals surface area contributed by atoms with E-state index in [4.69, 9.17) is 23.2 Å². The van der Waals surface area contributed by atoms with Gasteiger partial charge in [0.2, 0.25) is 10.0 Å². The first-order valence-electron chi connectivity index (χ1n) is 6.68. The van der Waals surface area contributed by atoms with Crippen LogP contribution in [0, 0.1) is 0 Å². The van der Waals surface area contributed by atoms with Gasteiger partial charge >= 0.3 is 0 Å². The minimum absolute atomic E-state index is 0.0567. The number of hydrogen-bond acceptors (Lipinski definition) is 3. The molecule has 0 aliphatic rings. The van der Waals surface area contributed by atoms with Crippen LogP contribution in [0.5, 0.6) is 0 Å². The Morgan fingerprint density at radius 1 is 0.957 bits per heavy atom. The molecule has 0 saturated carbocycles. The highest BCUT2D eigenvalue weighted by Crippen LogP contribution is 2.15. The Balaban J connectivity index is 1.86. The van der Waals surface area contributed by atoms with E-state index in [0.29, 0.717) is 15.6 Å². The molecule has 0 aliphatic heterocycles. The molecule has 0 fully saturated rings. The van der Waals surface area contributed by atoms with Crippen molar-refractivity contribution in [3.05, 3.63) is 64.1 Å². The fraction of sp³-hybridized carbons (Fsp3) is 0.133. The molecule has 0 aromatic heterocycles. The molecule has 2 aromatic carbocycles. The molecule has 1 amide bonds. The van der Waals surface area contributed by atoms with E-state index in [1.807, 2.05) is 0 Å². The average Bonchev–Trinajstić information content (AvgIpc) is 2.52. The Labute approximate surface area is 144 Å². The number of nitrogens with one attached hydrogen (secondary N) is 2. The van der Waals surface area contributed by atoms with Crippen molar-refractivity contribution >= 4 is 39.1 Å². The highest BCUT2D eigenvalue weighted by Gasteiger charge is 2.13. The first-order chi connectivity index (χ1) is 10.9. The number of carbonyl (C=O) groups is 1. The zero-order valence-corrected chi connectivity index (χ0v) is 14.3. The summed E-state index contributed by atoms with van der Waals surface area (Å²) in [5, 5.41) is 3.40. The van der Waals surface area contributed by atoms with Crippen molar-refractivity contribution in [1.82, 2.24) is 10.0 Å². The van der Waals surface area contributed by atoms with Crippen molar-refractivity contribution in [2.45, 2.75) is 4.90 Å². The second-order valence-corrected chi connectivity index (χ2v) is 7.20. The van der Waals surface area contributed by atoms with Crippen LogP contribution in [-0.2, 0) is 10.0 Å². The predicted octanol–water partition coefficient (Wildman–Crippen LogP) is 2.70. The zero-order chi connectivity index (χ0) is 16.9. The highest BCUT2D eigenvalue weighted by atomic mass is 35.5. The van der Waals surface area contributed by atoms with Gasteiger partial charge in [0.1, 0.15) is 0 Å². The van der Waals surface area contributed by atoms with Gasteiger partial charge in [-0.3, -0.25) is 4.79 Å². The van der Waals surface area contributed by atoms with E-state index in [1.54, 1.807) is 24.3 Å². The van der Waals surface area contributed by atoms with Gasteiger partial charge in [0.15, 0.2) is 0 Å². The molecule has 0 radical (unpaired) electrons. The average molecular weight is 373 g/mol. The van der Waals surface area contributed by atoms with Crippen LogP contribution in [0.25, 0.3) is 0 Å². The van der Waals surface area contributed by atoms with Gasteiger partial charge in [-0.05, 0) is 36.4 Å². The van der Waals surface area contributed by atoms with Crippen LogP contribution in [0.15, 0.2) is 53.4 Å². The third-order valence-corrected chi connectivity index (χ3v) is 5.00. The topological polar surface area (TPSA) is 75.3 Å². The van der Waals surface area contributed by atoms with Gasteiger partial charge in [-0.2, -0.15) is 0 Å². The summed E-state index contributed by atoms with van der Waals surface area (Å²) in [5.74, 6) is -0.360. The summed E-state index contributed by atoms with van der Waals surface area (Å²) in [6.45, 7) is 0.192. The lowest BCUT2D eigenvalue weighted by atomic mass is 10.2. The summed E-state index contributed by atoms with van der Waals surface area (Å²) in [5.41, 5.74) is 0.342. The predicted molar refractivity (Wildman–Crippen MR) is 90.4 cm³/mol. The summed E-state index contributed by atoms with van der Waals surface area (Å²) < 4.78 is 26.4. The minimum atomic E-state index is -3.63. The number of amides is 1. The molecular formula is C15H14Cl2N2O3S. The smallest absolute Gasteiger partial charge is 0.252 e. The van der Waals surface area contributed by atoms with Gasteiger partial charge < -0.3 is 5.32 Å². The van der Waals surface area contributed by atoms with E-state index in [0.717, 1.165) is 0 Å². The van der Waals surface area contributed by atoms with Crippen LogP contribution in [0.2, 0.25) is 10.0 Å². The molecular weight excluding hydrogens is 359 g/mol. The van der Waals surface area contributed by atoms with Crippen LogP contribution in [0.4, 0.5) is 0 Å². The highest BCUT2D eigenvalue weighted by molar-refractivity contribution is 7.89. The molecule has 5 nitrogen and oxygen atoms in total. The molecule has 0 saturated heterocycles. The Morgan fingerprint density at radius 2 is 1.61 bits per heavy atom. The number of sulfonamides is 1. The molecule has 0 bridgehead atoms. The largest absolute Gasteiger partial charge is 0.351 e. The van der Waals surface area contributed by atoms with Crippen LogP contribution in [-0.4, -0.2) is 27.4 Å². The van der Waals surface area contributed by atoms with Crippen LogP contribution in [0.1, 0.15) is 10.4 Å². The zero-order valence-electron chi connectivity index (χ0n) is 11.9. The van der Waals surface area contributed by atoms with Crippen molar-refractivity contribution in [2.75, 3.05) is 13.1 Å². The first kappa shape index (κ1) is 17.7. The summed E-state index contributed by atoms with van der Waals surface area (Å²) in [4.78, 5) is 12.0. The molecule has 2 aromatic rings. The van der Waals surface area contributed by atoms with Gasteiger partial charge in [0.05, 0.1) is 15.5 Å². The monoisotopic (exact) mass is 372 g/mol. The van der Waals surface area contributed by atoms with E-state index in [1.165, 1.54) is 24.3 Å². The van der Waals surface area contributed by atoms with E-state index >= 15 is 0 Å². The van der Waals surface area contributed by atoms with Crippen molar-refractivity contribution in [2.24, 2.45) is 0 Å². The van der Waals surface area contributed by atoms with E-state index in [-0.39, 0.29) is 23.9 Å². The first-order valence-corrected chi connectivity index (χ1v) is 8.92. The maximum absolute atomic E-state index is 12.0. The molecule has 23 heavy (non-hydrogen) atoms. The molecule has 0 atom stereocenters. The molecule has 2 N–H and O–H groups in total. The summed E-state index contributed by atoms with van der Waals surface area (Å²) in [7, 11) is -3.63. The quantitative estimate of drug-likeness (QED) is 0.765. The molecule has 2 rings (SSSR count). The van der Waals surface area contributed by atoms with E-state index in [9.17, 15) is 13.2 Å². The molecule has 0 aliphatic carbocycles. The third kappa shape index (κ3) is 4.94. The number of benzene rings is 2. The molecule has 0 spiro atoms. The van der Waals surface area contributed by atoms with Gasteiger partial charge in [-0.25, -0.2) is 13.1 Å². The summed E-state index contributed by atoms with van der Waals surface area (Å²) in [6, 6.07) is 12.4. The fourth-order valence-corrected chi connectivity index (χ4v) is 3.18. The molecule has 0 heterocycles. The number of halogens is 2. The summed E-state index contributed by atoms with van der Waals surface area (Å²) >= 11 is 11.6. The van der Waals surface area contributed by atoms with Crippen molar-refractivity contribution < 1.29 is 13.2 Å². The number of hydrogen-bond donors (Lipinski definition) is 2. The van der Waals surface area contributed by atoms with Crippen molar-refractivity contribution in [1.29, 1.82) is 0 Å². The van der Waals surface area contributed by atoms with Crippen molar-refractivity contribution in [3.63, 3.8) is 0 Å². The van der Waals surface area contributed by atoms with E-state index in [2.05, 4.69) is 10.0 Å². The van der Waals surface area contributed by atoms with E-state index < -0.39 is 10.0 Å². The maximum Gasteiger partial charge on any atom is 0.252 e. The van der Waals surface area contributed by atoms with Crippen LogP contribution < -0.4 is 10.0 Å².